The molecule has 1 N–H and O–H groups in total. The van der Waals surface area contributed by atoms with Crippen molar-refractivity contribution >= 4 is 29.4 Å². The molecule has 2 rings (SSSR count). The molecule has 10 heavy (non-hydrogen) atoms. The fourth-order valence-electron chi connectivity index (χ4n) is 1.30. The minimum Gasteiger partial charge on any atom is -0.354 e. The first-order chi connectivity index (χ1) is 4.81. The summed E-state index contributed by atoms with van der Waals surface area (Å²) < 4.78 is 0.233. The van der Waals surface area contributed by atoms with Crippen molar-refractivity contribution in [2.45, 2.75) is 10.5 Å². The van der Waals surface area contributed by atoms with Crippen LogP contribution in [0.15, 0.2) is 0 Å². The fraction of sp³-hybridized carbons (Fsp3) is 0.833. The largest absolute Gasteiger partial charge is 0.354 e. The maximum atomic E-state index is 10.9. The van der Waals surface area contributed by atoms with Crippen LogP contribution in [0.3, 0.4) is 0 Å². The summed E-state index contributed by atoms with van der Waals surface area (Å²) in [5.74, 6) is 2.64. The van der Waals surface area contributed by atoms with E-state index in [0.29, 0.717) is 0 Å². The lowest BCUT2D eigenvalue weighted by molar-refractivity contribution is -0.119. The predicted molar refractivity (Wildman–Crippen MR) is 45.3 cm³/mol. The number of rotatable bonds is 0. The SMILES string of the molecule is O=C1CC2(CN1)SCCS2. The quantitative estimate of drug-likeness (QED) is 0.587. The molecule has 2 aliphatic heterocycles. The van der Waals surface area contributed by atoms with Crippen LogP contribution in [0.5, 0.6) is 0 Å². The van der Waals surface area contributed by atoms with E-state index in [9.17, 15) is 4.79 Å². The normalized spacial score (nSPS) is 29.4. The summed E-state index contributed by atoms with van der Waals surface area (Å²) in [6.45, 7) is 0.876. The van der Waals surface area contributed by atoms with Crippen molar-refractivity contribution in [3.63, 3.8) is 0 Å². The zero-order valence-electron chi connectivity index (χ0n) is 5.55. The van der Waals surface area contributed by atoms with Gasteiger partial charge in [-0.15, -0.1) is 23.5 Å². The lowest BCUT2D eigenvalue weighted by atomic mass is 10.3. The second-order valence-electron chi connectivity index (χ2n) is 2.56. The van der Waals surface area contributed by atoms with E-state index in [1.54, 1.807) is 0 Å². The Balaban J connectivity index is 2.09. The molecule has 0 atom stereocenters. The van der Waals surface area contributed by atoms with Crippen molar-refractivity contribution < 1.29 is 4.79 Å². The number of thioether (sulfide) groups is 2. The van der Waals surface area contributed by atoms with Gasteiger partial charge >= 0.3 is 0 Å². The number of amides is 1. The lowest BCUT2D eigenvalue weighted by Crippen LogP contribution is -2.20. The Morgan fingerprint density at radius 3 is 2.60 bits per heavy atom. The molecule has 2 saturated heterocycles. The van der Waals surface area contributed by atoms with Crippen LogP contribution in [0, 0.1) is 0 Å². The highest BCUT2D eigenvalue weighted by molar-refractivity contribution is 8.21. The van der Waals surface area contributed by atoms with Gasteiger partial charge in [-0.05, 0) is 0 Å². The standard InChI is InChI=1S/C6H9NOS2/c8-5-3-6(4-7-5)9-1-2-10-6/h1-4H2,(H,7,8). The molecule has 1 amide bonds. The molecule has 56 valence electrons. The molecule has 0 saturated carbocycles. The van der Waals surface area contributed by atoms with Gasteiger partial charge in [0.15, 0.2) is 0 Å². The van der Waals surface area contributed by atoms with Gasteiger partial charge in [0.05, 0.1) is 10.5 Å². The van der Waals surface area contributed by atoms with Crippen molar-refractivity contribution in [3.05, 3.63) is 0 Å². The Morgan fingerprint density at radius 1 is 1.40 bits per heavy atom. The Morgan fingerprint density at radius 2 is 2.10 bits per heavy atom. The molecule has 4 heteroatoms. The smallest absolute Gasteiger partial charge is 0.222 e. The van der Waals surface area contributed by atoms with Crippen LogP contribution in [0.1, 0.15) is 6.42 Å². The van der Waals surface area contributed by atoms with Crippen LogP contribution in [0.4, 0.5) is 0 Å². The number of nitrogens with one attached hydrogen (secondary N) is 1. The van der Waals surface area contributed by atoms with E-state index in [1.165, 1.54) is 11.5 Å². The van der Waals surface area contributed by atoms with E-state index in [-0.39, 0.29) is 9.99 Å². The van der Waals surface area contributed by atoms with Crippen LogP contribution in [0.2, 0.25) is 0 Å². The van der Waals surface area contributed by atoms with Crippen LogP contribution in [0.25, 0.3) is 0 Å². The highest BCUT2D eigenvalue weighted by Crippen LogP contribution is 2.47. The molecule has 2 heterocycles. The van der Waals surface area contributed by atoms with E-state index < -0.39 is 0 Å². The molecule has 0 aromatic rings. The van der Waals surface area contributed by atoms with Crippen LogP contribution in [-0.4, -0.2) is 28.0 Å². The van der Waals surface area contributed by atoms with Crippen molar-refractivity contribution in [2.75, 3.05) is 18.1 Å². The molecule has 1 spiro atoms. The third-order valence-corrected chi connectivity index (χ3v) is 5.21. The average Bonchev–Trinajstić information content (AvgIpc) is 2.46. The van der Waals surface area contributed by atoms with E-state index in [2.05, 4.69) is 5.32 Å². The zero-order chi connectivity index (χ0) is 7.03. The Labute approximate surface area is 68.5 Å². The molecular formula is C6H9NOS2. The monoisotopic (exact) mass is 175 g/mol. The molecule has 0 unspecified atom stereocenters. The second-order valence-corrected chi connectivity index (χ2v) is 5.78. The third-order valence-electron chi connectivity index (χ3n) is 1.80. The number of carbonyl (C=O) groups is 1. The summed E-state index contributed by atoms with van der Waals surface area (Å²) in [5, 5.41) is 2.87. The first-order valence-electron chi connectivity index (χ1n) is 3.35. The maximum Gasteiger partial charge on any atom is 0.222 e. The van der Waals surface area contributed by atoms with Crippen LogP contribution < -0.4 is 5.32 Å². The molecule has 0 aromatic carbocycles. The first-order valence-corrected chi connectivity index (χ1v) is 5.33. The van der Waals surface area contributed by atoms with Gasteiger partial charge in [-0.1, -0.05) is 0 Å². The summed E-state index contributed by atoms with van der Waals surface area (Å²) in [7, 11) is 0. The van der Waals surface area contributed by atoms with Crippen LogP contribution in [-0.2, 0) is 4.79 Å². The molecule has 2 fully saturated rings. The van der Waals surface area contributed by atoms with E-state index >= 15 is 0 Å². The second kappa shape index (κ2) is 2.34. The molecule has 0 radical (unpaired) electrons. The number of hydrogen-bond donors (Lipinski definition) is 1. The molecule has 0 bridgehead atoms. The Kier molecular flexibility index (Phi) is 1.60. The van der Waals surface area contributed by atoms with Gasteiger partial charge in [0.25, 0.3) is 0 Å². The van der Waals surface area contributed by atoms with Gasteiger partial charge < -0.3 is 5.32 Å². The number of carbonyl (C=O) groups excluding carboxylic acids is 1. The van der Waals surface area contributed by atoms with Crippen molar-refractivity contribution in [2.24, 2.45) is 0 Å². The van der Waals surface area contributed by atoms with Crippen LogP contribution >= 0.6 is 23.5 Å². The lowest BCUT2D eigenvalue weighted by Gasteiger charge is -2.16. The predicted octanol–water partition coefficient (Wildman–Crippen LogP) is 0.683. The van der Waals surface area contributed by atoms with Gasteiger partial charge in [0.2, 0.25) is 5.91 Å². The molecule has 0 aliphatic carbocycles. The fourth-order valence-corrected chi connectivity index (χ4v) is 4.36. The summed E-state index contributed by atoms with van der Waals surface area (Å²) in [5.41, 5.74) is 0. The van der Waals surface area contributed by atoms with E-state index in [4.69, 9.17) is 0 Å². The van der Waals surface area contributed by atoms with Gasteiger partial charge in [-0.2, -0.15) is 0 Å². The topological polar surface area (TPSA) is 29.1 Å². The summed E-state index contributed by atoms with van der Waals surface area (Å²) in [4.78, 5) is 10.9. The molecular weight excluding hydrogens is 166 g/mol. The number of hydrogen-bond acceptors (Lipinski definition) is 3. The van der Waals surface area contributed by atoms with Crippen molar-refractivity contribution in [1.29, 1.82) is 0 Å². The molecule has 2 aliphatic rings. The van der Waals surface area contributed by atoms with Crippen molar-refractivity contribution in [1.82, 2.24) is 5.32 Å². The van der Waals surface area contributed by atoms with Crippen molar-refractivity contribution in [3.8, 4) is 0 Å². The maximum absolute atomic E-state index is 10.9. The first kappa shape index (κ1) is 6.85. The summed E-state index contributed by atoms with van der Waals surface area (Å²) >= 11 is 3.87. The summed E-state index contributed by atoms with van der Waals surface area (Å²) in [6.07, 6.45) is 0.725. The van der Waals surface area contributed by atoms with E-state index in [1.807, 2.05) is 23.5 Å². The minimum absolute atomic E-state index is 0.224. The van der Waals surface area contributed by atoms with Gasteiger partial charge in [-0.3, -0.25) is 4.79 Å². The van der Waals surface area contributed by atoms with E-state index in [0.717, 1.165) is 13.0 Å². The van der Waals surface area contributed by atoms with Gasteiger partial charge in [-0.25, -0.2) is 0 Å². The summed E-state index contributed by atoms with van der Waals surface area (Å²) in [6, 6.07) is 0. The highest BCUT2D eigenvalue weighted by Gasteiger charge is 2.42. The molecule has 0 aromatic heterocycles. The van der Waals surface area contributed by atoms with Gasteiger partial charge in [0, 0.05) is 18.1 Å². The highest BCUT2D eigenvalue weighted by atomic mass is 32.2. The Bertz CT molecular complexity index is 165. The van der Waals surface area contributed by atoms with Gasteiger partial charge in [0.1, 0.15) is 0 Å². The zero-order valence-corrected chi connectivity index (χ0v) is 7.19. The average molecular weight is 175 g/mol. The molecule has 2 nitrogen and oxygen atoms in total. The minimum atomic E-state index is 0.224. The Hall–Kier alpha value is 0.170. The third kappa shape index (κ3) is 1.03.